The number of nitrogens with one attached hydrogen (secondary N) is 2. The highest BCUT2D eigenvalue weighted by molar-refractivity contribution is 6.06. The summed E-state index contributed by atoms with van der Waals surface area (Å²) in [5.74, 6) is 1.27. The molecule has 2 aliphatic heterocycles. The summed E-state index contributed by atoms with van der Waals surface area (Å²) in [5, 5.41) is 4.22. The lowest BCUT2D eigenvalue weighted by Gasteiger charge is -2.31. The number of alkyl halides is 3. The Hall–Kier alpha value is -4.98. The molecule has 0 spiro atoms. The van der Waals surface area contributed by atoms with Gasteiger partial charge in [-0.3, -0.25) is 19.6 Å². The third kappa shape index (κ3) is 8.85. The lowest BCUT2D eigenvalue weighted by molar-refractivity contribution is -0.137. The summed E-state index contributed by atoms with van der Waals surface area (Å²) in [6, 6.07) is 17.5. The fourth-order valence-corrected chi connectivity index (χ4v) is 6.41. The number of aromatic amines is 1. The van der Waals surface area contributed by atoms with Gasteiger partial charge < -0.3 is 24.7 Å². The number of fused-ring (bicyclic) bond motifs is 1. The van der Waals surface area contributed by atoms with Crippen molar-refractivity contribution in [2.45, 2.75) is 25.6 Å². The first-order valence-corrected chi connectivity index (χ1v) is 17.2. The van der Waals surface area contributed by atoms with Crippen molar-refractivity contribution in [1.82, 2.24) is 29.7 Å². The summed E-state index contributed by atoms with van der Waals surface area (Å²) in [5.41, 5.74) is 1.05. The third-order valence-corrected chi connectivity index (χ3v) is 9.27. The number of pyridine rings is 1. The number of hydrogen-bond donors (Lipinski definition) is 2. The van der Waals surface area contributed by atoms with E-state index in [1.807, 2.05) is 30.5 Å². The third-order valence-electron chi connectivity index (χ3n) is 9.27. The molecule has 13 heteroatoms. The smallest absolute Gasteiger partial charge is 0.416 e. The molecule has 0 aliphatic carbocycles. The van der Waals surface area contributed by atoms with E-state index in [2.05, 4.69) is 42.0 Å². The van der Waals surface area contributed by atoms with E-state index in [1.54, 1.807) is 30.5 Å². The van der Waals surface area contributed by atoms with E-state index in [0.717, 1.165) is 87.3 Å². The van der Waals surface area contributed by atoms with Crippen LogP contribution >= 0.6 is 0 Å². The van der Waals surface area contributed by atoms with Crippen molar-refractivity contribution >= 4 is 22.4 Å². The highest BCUT2D eigenvalue weighted by Crippen LogP contribution is 2.35. The lowest BCUT2D eigenvalue weighted by Crippen LogP contribution is -2.43. The van der Waals surface area contributed by atoms with Gasteiger partial charge in [0, 0.05) is 74.5 Å². The van der Waals surface area contributed by atoms with Crippen molar-refractivity contribution in [3.63, 3.8) is 0 Å². The number of ether oxygens (including phenoxy) is 2. The minimum Gasteiger partial charge on any atom is -0.492 e. The quantitative estimate of drug-likeness (QED) is 0.154. The second kappa shape index (κ2) is 15.1. The Kier molecular flexibility index (Phi) is 10.2. The van der Waals surface area contributed by atoms with Gasteiger partial charge >= 0.3 is 6.18 Å². The standard InChI is InChI=1S/C38H40F3N7O3/c1-46-12-14-48(15-13-46)25-31-24-43-36(44-31)35-23-33(8-9-42-35)51-32-7-6-26-4-5-27(18-28(26)19-32)37(49)45-30-20-29(38(39,40)41)21-34(22-30)50-17-16-47-10-2-3-11-47/h4-9,18-24H,2-3,10-17,25H2,1H3,(H,43,44)(H,45,49). The van der Waals surface area contributed by atoms with Crippen LogP contribution in [0, 0.1) is 0 Å². The molecule has 51 heavy (non-hydrogen) atoms. The number of likely N-dealkylation sites (N-methyl/N-ethyl adjacent to an activating group) is 1. The first-order valence-electron chi connectivity index (χ1n) is 17.2. The lowest BCUT2D eigenvalue weighted by atomic mass is 10.1. The maximum Gasteiger partial charge on any atom is 0.416 e. The van der Waals surface area contributed by atoms with Crippen LogP contribution in [0.3, 0.4) is 0 Å². The molecule has 266 valence electrons. The molecule has 7 rings (SSSR count). The maximum absolute atomic E-state index is 13.7. The van der Waals surface area contributed by atoms with Gasteiger partial charge in [0.1, 0.15) is 29.5 Å². The molecule has 4 heterocycles. The fraction of sp³-hybridized carbons (Fsp3) is 0.342. The number of H-pyrrole nitrogens is 1. The van der Waals surface area contributed by atoms with Crippen LogP contribution in [-0.4, -0.2) is 95.0 Å². The number of carbonyl (C=O) groups excluding carboxylic acids is 1. The zero-order valence-electron chi connectivity index (χ0n) is 28.4. The van der Waals surface area contributed by atoms with Crippen LogP contribution in [0.25, 0.3) is 22.3 Å². The molecule has 0 bridgehead atoms. The molecule has 1 amide bonds. The van der Waals surface area contributed by atoms with Crippen molar-refractivity contribution in [1.29, 1.82) is 0 Å². The molecule has 2 aliphatic rings. The second-order valence-electron chi connectivity index (χ2n) is 13.1. The van der Waals surface area contributed by atoms with Gasteiger partial charge in [-0.15, -0.1) is 0 Å². The Balaban J connectivity index is 1.02. The van der Waals surface area contributed by atoms with Gasteiger partial charge in [0.2, 0.25) is 0 Å². The first-order chi connectivity index (χ1) is 24.6. The molecule has 2 N–H and O–H groups in total. The number of nitrogens with zero attached hydrogens (tertiary/aromatic N) is 5. The topological polar surface area (TPSA) is 98.8 Å². The van der Waals surface area contributed by atoms with Crippen molar-refractivity contribution in [2.24, 2.45) is 0 Å². The molecular weight excluding hydrogens is 659 g/mol. The molecule has 0 saturated carbocycles. The average molecular weight is 700 g/mol. The number of piperazine rings is 1. The second-order valence-corrected chi connectivity index (χ2v) is 13.1. The average Bonchev–Trinajstić information content (AvgIpc) is 3.81. The summed E-state index contributed by atoms with van der Waals surface area (Å²) in [6.07, 6.45) is 1.12. The summed E-state index contributed by atoms with van der Waals surface area (Å²) in [4.78, 5) is 32.6. The molecule has 0 unspecified atom stereocenters. The van der Waals surface area contributed by atoms with E-state index in [0.29, 0.717) is 29.6 Å². The van der Waals surface area contributed by atoms with Crippen LogP contribution in [0.15, 0.2) is 79.1 Å². The summed E-state index contributed by atoms with van der Waals surface area (Å²) in [7, 11) is 2.14. The number of rotatable bonds is 11. The molecule has 2 aromatic heterocycles. The molecule has 0 atom stereocenters. The summed E-state index contributed by atoms with van der Waals surface area (Å²) in [6.45, 7) is 7.70. The molecule has 5 aromatic rings. The van der Waals surface area contributed by atoms with E-state index in [-0.39, 0.29) is 23.6 Å². The Morgan fingerprint density at radius 1 is 0.843 bits per heavy atom. The predicted molar refractivity (Wildman–Crippen MR) is 189 cm³/mol. The monoisotopic (exact) mass is 699 g/mol. The molecule has 2 saturated heterocycles. The highest BCUT2D eigenvalue weighted by Gasteiger charge is 2.32. The molecular formula is C38H40F3N7O3. The van der Waals surface area contributed by atoms with Gasteiger partial charge in [0.15, 0.2) is 5.82 Å². The van der Waals surface area contributed by atoms with E-state index in [9.17, 15) is 18.0 Å². The van der Waals surface area contributed by atoms with Gasteiger partial charge in [-0.2, -0.15) is 13.2 Å². The number of carbonyl (C=O) groups is 1. The largest absolute Gasteiger partial charge is 0.492 e. The van der Waals surface area contributed by atoms with E-state index in [4.69, 9.17) is 9.47 Å². The molecule has 2 fully saturated rings. The number of benzene rings is 3. The number of imidazole rings is 1. The van der Waals surface area contributed by atoms with Crippen LogP contribution in [0.4, 0.5) is 18.9 Å². The van der Waals surface area contributed by atoms with Gasteiger partial charge in [-0.25, -0.2) is 4.98 Å². The van der Waals surface area contributed by atoms with Gasteiger partial charge in [0.05, 0.1) is 11.8 Å². The number of anilines is 1. The summed E-state index contributed by atoms with van der Waals surface area (Å²) >= 11 is 0. The number of aromatic nitrogens is 3. The molecule has 10 nitrogen and oxygen atoms in total. The number of amides is 1. The maximum atomic E-state index is 13.7. The van der Waals surface area contributed by atoms with Gasteiger partial charge in [0.25, 0.3) is 5.91 Å². The zero-order chi connectivity index (χ0) is 35.4. The zero-order valence-corrected chi connectivity index (χ0v) is 28.4. The normalized spacial score (nSPS) is 16.1. The Morgan fingerprint density at radius 2 is 1.63 bits per heavy atom. The van der Waals surface area contributed by atoms with Crippen LogP contribution in [0.5, 0.6) is 17.2 Å². The van der Waals surface area contributed by atoms with E-state index >= 15 is 0 Å². The van der Waals surface area contributed by atoms with Crippen LogP contribution in [0.2, 0.25) is 0 Å². The van der Waals surface area contributed by atoms with Crippen molar-refractivity contribution in [3.05, 3.63) is 95.9 Å². The van der Waals surface area contributed by atoms with Crippen molar-refractivity contribution in [2.75, 3.05) is 64.8 Å². The molecule has 0 radical (unpaired) electrons. The van der Waals surface area contributed by atoms with E-state index < -0.39 is 17.6 Å². The Labute approximate surface area is 294 Å². The number of likely N-dealkylation sites (tertiary alicyclic amines) is 1. The Morgan fingerprint density at radius 3 is 2.43 bits per heavy atom. The molecule has 3 aromatic carbocycles. The minimum absolute atomic E-state index is 0.000300. The van der Waals surface area contributed by atoms with Crippen LogP contribution in [0.1, 0.15) is 34.5 Å². The van der Waals surface area contributed by atoms with Gasteiger partial charge in [-0.1, -0.05) is 12.1 Å². The van der Waals surface area contributed by atoms with Crippen LogP contribution in [-0.2, 0) is 12.7 Å². The fourth-order valence-electron chi connectivity index (χ4n) is 6.41. The van der Waals surface area contributed by atoms with E-state index in [1.165, 1.54) is 6.07 Å². The van der Waals surface area contributed by atoms with Gasteiger partial charge in [-0.05, 0) is 86.2 Å². The summed E-state index contributed by atoms with van der Waals surface area (Å²) < 4.78 is 53.1. The van der Waals surface area contributed by atoms with Crippen molar-refractivity contribution < 1.29 is 27.4 Å². The highest BCUT2D eigenvalue weighted by atomic mass is 19.4. The Bertz CT molecular complexity index is 1990. The first kappa shape index (κ1) is 34.5. The number of halogens is 3. The predicted octanol–water partition coefficient (Wildman–Crippen LogP) is 6.91. The van der Waals surface area contributed by atoms with Crippen LogP contribution < -0.4 is 14.8 Å². The SMILES string of the molecule is CN1CCN(Cc2cnc(-c3cc(Oc4ccc5ccc(C(=O)Nc6cc(OCCN7CCCC7)cc(C(F)(F)F)c6)cc5c4)ccn3)[nH]2)CC1. The minimum atomic E-state index is -4.60. The van der Waals surface area contributed by atoms with Crippen molar-refractivity contribution in [3.8, 4) is 28.8 Å². The number of hydrogen-bond acceptors (Lipinski definition) is 8.